The first-order chi connectivity index (χ1) is 9.81. The van der Waals surface area contributed by atoms with Crippen LogP contribution in [0.15, 0.2) is 47.4 Å². The zero-order valence-electron chi connectivity index (χ0n) is 10.3. The topological polar surface area (TPSA) is 63.2 Å². The van der Waals surface area contributed by atoms with Crippen molar-refractivity contribution in [2.75, 3.05) is 0 Å². The summed E-state index contributed by atoms with van der Waals surface area (Å²) < 4.78 is 64.5. The van der Waals surface area contributed by atoms with E-state index >= 15 is 0 Å². The van der Waals surface area contributed by atoms with Crippen molar-refractivity contribution in [2.24, 2.45) is 0 Å². The average molecular weight is 315 g/mol. The minimum absolute atomic E-state index is 0.166. The minimum Gasteiger partial charge on any atom is -0.268 e. The molecule has 4 nitrogen and oxygen atoms in total. The van der Waals surface area contributed by atoms with Gasteiger partial charge in [-0.25, -0.2) is 26.3 Å². The Kier molecular flexibility index (Phi) is 3.99. The fourth-order valence-corrected chi connectivity index (χ4v) is 2.52. The number of hydrogen-bond donors (Lipinski definition) is 1. The van der Waals surface area contributed by atoms with E-state index in [1.54, 1.807) is 10.8 Å². The van der Waals surface area contributed by atoms with E-state index in [0.29, 0.717) is 6.07 Å². The highest BCUT2D eigenvalue weighted by Crippen LogP contribution is 2.15. The number of hydrogen-bond acceptors (Lipinski definition) is 3. The maximum absolute atomic E-state index is 13.4. The van der Waals surface area contributed by atoms with E-state index in [1.807, 2.05) is 0 Å². The van der Waals surface area contributed by atoms with Crippen molar-refractivity contribution >= 4 is 15.9 Å². The van der Waals surface area contributed by atoms with Crippen LogP contribution in [-0.4, -0.2) is 14.3 Å². The molecule has 0 aliphatic heterocycles. The van der Waals surface area contributed by atoms with E-state index in [-0.39, 0.29) is 11.0 Å². The molecule has 2 aromatic rings. The lowest BCUT2D eigenvalue weighted by atomic mass is 10.2. The van der Waals surface area contributed by atoms with Crippen molar-refractivity contribution in [3.05, 3.63) is 65.5 Å². The molecule has 0 radical (unpaired) electrons. The molecule has 0 atom stereocenters. The quantitative estimate of drug-likeness (QED) is 0.884. The van der Waals surface area contributed by atoms with Gasteiger partial charge in [0.2, 0.25) is 0 Å². The molecule has 8 heteroatoms. The van der Waals surface area contributed by atoms with Gasteiger partial charge in [-0.2, -0.15) is 0 Å². The first-order valence-corrected chi connectivity index (χ1v) is 7.06. The SMILES string of the molecule is O=C(NS(=O)(=O)c1ccccc1)c1cc(F)c(F)cc1F. The first kappa shape index (κ1) is 15.0. The summed E-state index contributed by atoms with van der Waals surface area (Å²) in [7, 11) is -4.23. The van der Waals surface area contributed by atoms with Gasteiger partial charge in [-0.1, -0.05) is 18.2 Å². The molecule has 0 spiro atoms. The van der Waals surface area contributed by atoms with E-state index in [1.165, 1.54) is 24.3 Å². The van der Waals surface area contributed by atoms with E-state index in [0.717, 1.165) is 0 Å². The van der Waals surface area contributed by atoms with E-state index in [4.69, 9.17) is 0 Å². The number of nitrogens with one attached hydrogen (secondary N) is 1. The number of sulfonamides is 1. The lowest BCUT2D eigenvalue weighted by Gasteiger charge is -2.08. The molecule has 2 rings (SSSR count). The molecule has 0 unspecified atom stereocenters. The molecule has 0 fully saturated rings. The summed E-state index contributed by atoms with van der Waals surface area (Å²) >= 11 is 0. The summed E-state index contributed by atoms with van der Waals surface area (Å²) in [6.07, 6.45) is 0. The molecule has 0 aliphatic carbocycles. The van der Waals surface area contributed by atoms with Gasteiger partial charge in [-0.05, 0) is 18.2 Å². The average Bonchev–Trinajstić information content (AvgIpc) is 2.43. The normalized spacial score (nSPS) is 11.2. The smallest absolute Gasteiger partial charge is 0.268 e. The second-order valence-electron chi connectivity index (χ2n) is 3.99. The van der Waals surface area contributed by atoms with Gasteiger partial charge >= 0.3 is 0 Å². The van der Waals surface area contributed by atoms with Gasteiger partial charge < -0.3 is 0 Å². The second kappa shape index (κ2) is 5.57. The molecule has 0 heterocycles. The predicted octanol–water partition coefficient (Wildman–Crippen LogP) is 2.22. The number of carbonyl (C=O) groups excluding carboxylic acids is 1. The molecule has 0 saturated heterocycles. The minimum atomic E-state index is -4.23. The molecule has 1 amide bonds. The second-order valence-corrected chi connectivity index (χ2v) is 5.68. The van der Waals surface area contributed by atoms with Crippen LogP contribution in [0.1, 0.15) is 10.4 Å². The Hall–Kier alpha value is -2.35. The monoisotopic (exact) mass is 315 g/mol. The van der Waals surface area contributed by atoms with Crippen LogP contribution in [0.25, 0.3) is 0 Å². The van der Waals surface area contributed by atoms with Crippen LogP contribution < -0.4 is 4.72 Å². The molecule has 1 N–H and O–H groups in total. The number of carbonyl (C=O) groups is 1. The van der Waals surface area contributed by atoms with Crippen LogP contribution in [0.5, 0.6) is 0 Å². The van der Waals surface area contributed by atoms with Crippen molar-refractivity contribution in [3.63, 3.8) is 0 Å². The molecule has 0 aromatic heterocycles. The first-order valence-electron chi connectivity index (χ1n) is 5.58. The molecule has 0 aliphatic rings. The lowest BCUT2D eigenvalue weighted by molar-refractivity contribution is 0.0977. The van der Waals surface area contributed by atoms with Gasteiger partial charge in [-0.15, -0.1) is 0 Å². The fraction of sp³-hybridized carbons (Fsp3) is 0. The number of rotatable bonds is 3. The summed E-state index contributed by atoms with van der Waals surface area (Å²) in [6.45, 7) is 0. The van der Waals surface area contributed by atoms with Gasteiger partial charge in [0.15, 0.2) is 11.6 Å². The zero-order valence-corrected chi connectivity index (χ0v) is 11.1. The van der Waals surface area contributed by atoms with Crippen LogP contribution in [0.4, 0.5) is 13.2 Å². The Labute approximate surface area is 118 Å². The molecule has 21 heavy (non-hydrogen) atoms. The van der Waals surface area contributed by atoms with Gasteiger partial charge in [0.25, 0.3) is 15.9 Å². The van der Waals surface area contributed by atoms with Crippen LogP contribution in [0.2, 0.25) is 0 Å². The molecule has 110 valence electrons. The third-order valence-corrected chi connectivity index (χ3v) is 3.88. The Morgan fingerprint density at radius 1 is 0.905 bits per heavy atom. The standard InChI is InChI=1S/C13H8F3NO3S/c14-10-7-12(16)11(15)6-9(10)13(18)17-21(19,20)8-4-2-1-3-5-8/h1-7H,(H,17,18). The summed E-state index contributed by atoms with van der Waals surface area (Å²) in [4.78, 5) is 11.5. The Balaban J connectivity index is 2.33. The maximum Gasteiger partial charge on any atom is 0.268 e. The highest BCUT2D eigenvalue weighted by atomic mass is 32.2. The summed E-state index contributed by atoms with van der Waals surface area (Å²) in [5.41, 5.74) is -0.909. The van der Waals surface area contributed by atoms with Crippen LogP contribution in [0, 0.1) is 17.5 Å². The molecule has 0 saturated carbocycles. The Bertz CT molecular complexity index is 792. The number of benzene rings is 2. The largest absolute Gasteiger partial charge is 0.268 e. The third-order valence-electron chi connectivity index (χ3n) is 2.54. The predicted molar refractivity (Wildman–Crippen MR) is 67.4 cm³/mol. The highest BCUT2D eigenvalue weighted by molar-refractivity contribution is 7.90. The van der Waals surface area contributed by atoms with Gasteiger partial charge in [0.1, 0.15) is 5.82 Å². The number of amides is 1. The number of halogens is 3. The lowest BCUT2D eigenvalue weighted by Crippen LogP contribution is -2.31. The molecule has 0 bridgehead atoms. The molecule has 2 aromatic carbocycles. The van der Waals surface area contributed by atoms with Crippen LogP contribution >= 0.6 is 0 Å². The van der Waals surface area contributed by atoms with Gasteiger partial charge in [0.05, 0.1) is 10.5 Å². The summed E-state index contributed by atoms with van der Waals surface area (Å²) in [6, 6.07) is 7.32. The van der Waals surface area contributed by atoms with Crippen molar-refractivity contribution in [3.8, 4) is 0 Å². The van der Waals surface area contributed by atoms with E-state index < -0.39 is 38.9 Å². The van der Waals surface area contributed by atoms with Crippen molar-refractivity contribution in [1.29, 1.82) is 0 Å². The van der Waals surface area contributed by atoms with Crippen LogP contribution in [0.3, 0.4) is 0 Å². The van der Waals surface area contributed by atoms with Gasteiger partial charge in [-0.3, -0.25) is 4.79 Å². The fourth-order valence-electron chi connectivity index (χ4n) is 1.53. The zero-order chi connectivity index (χ0) is 15.6. The molecular weight excluding hydrogens is 307 g/mol. The van der Waals surface area contributed by atoms with Crippen molar-refractivity contribution < 1.29 is 26.4 Å². The summed E-state index contributed by atoms with van der Waals surface area (Å²) in [5.74, 6) is -5.70. The highest BCUT2D eigenvalue weighted by Gasteiger charge is 2.22. The Morgan fingerprint density at radius 3 is 2.10 bits per heavy atom. The third kappa shape index (κ3) is 3.22. The van der Waals surface area contributed by atoms with Crippen molar-refractivity contribution in [2.45, 2.75) is 4.90 Å². The van der Waals surface area contributed by atoms with Crippen molar-refractivity contribution in [1.82, 2.24) is 4.72 Å². The maximum atomic E-state index is 13.4. The van der Waals surface area contributed by atoms with Gasteiger partial charge in [0, 0.05) is 6.07 Å². The molecular formula is C13H8F3NO3S. The van der Waals surface area contributed by atoms with Crippen LogP contribution in [-0.2, 0) is 10.0 Å². The van der Waals surface area contributed by atoms with E-state index in [9.17, 15) is 26.4 Å². The summed E-state index contributed by atoms with van der Waals surface area (Å²) in [5, 5.41) is 0. The van der Waals surface area contributed by atoms with E-state index in [2.05, 4.69) is 0 Å². The Morgan fingerprint density at radius 2 is 1.48 bits per heavy atom.